The van der Waals surface area contributed by atoms with Crippen LogP contribution in [0.4, 0.5) is 11.4 Å². The number of benzene rings is 1. The Hall–Kier alpha value is -1.43. The van der Waals surface area contributed by atoms with Gasteiger partial charge in [-0.05, 0) is 31.9 Å². The zero-order chi connectivity index (χ0) is 13.9. The van der Waals surface area contributed by atoms with Gasteiger partial charge in [0, 0.05) is 6.54 Å². The Morgan fingerprint density at radius 1 is 1.47 bits per heavy atom. The van der Waals surface area contributed by atoms with Gasteiger partial charge in [0.2, 0.25) is 0 Å². The van der Waals surface area contributed by atoms with Crippen molar-refractivity contribution in [1.82, 2.24) is 0 Å². The van der Waals surface area contributed by atoms with Crippen molar-refractivity contribution in [2.24, 2.45) is 0 Å². The molecule has 0 aliphatic carbocycles. The van der Waals surface area contributed by atoms with Crippen molar-refractivity contribution in [1.29, 1.82) is 0 Å². The van der Waals surface area contributed by atoms with E-state index in [1.165, 1.54) is 0 Å². The zero-order valence-electron chi connectivity index (χ0n) is 11.1. The second-order valence-electron chi connectivity index (χ2n) is 4.66. The van der Waals surface area contributed by atoms with Crippen LogP contribution in [0.5, 0.6) is 5.75 Å². The molecule has 0 bridgehead atoms. The SMILES string of the molecule is CCOc1cccc(NCC2CCCS2(=O)=O)c1N. The van der Waals surface area contributed by atoms with Crippen molar-refractivity contribution in [3.05, 3.63) is 18.2 Å². The Balaban J connectivity index is 2.06. The Kier molecular flexibility index (Phi) is 4.19. The van der Waals surface area contributed by atoms with Crippen LogP contribution in [-0.2, 0) is 9.84 Å². The van der Waals surface area contributed by atoms with Gasteiger partial charge >= 0.3 is 0 Å². The smallest absolute Gasteiger partial charge is 0.154 e. The summed E-state index contributed by atoms with van der Waals surface area (Å²) in [6.45, 7) is 2.84. The number of para-hydroxylation sites is 1. The van der Waals surface area contributed by atoms with Crippen LogP contribution in [0.15, 0.2) is 18.2 Å². The number of nitrogen functional groups attached to an aromatic ring is 1. The number of anilines is 2. The van der Waals surface area contributed by atoms with Crippen molar-refractivity contribution in [3.63, 3.8) is 0 Å². The Bertz CT molecular complexity index is 543. The molecule has 0 spiro atoms. The number of sulfone groups is 1. The molecule has 1 aromatic carbocycles. The first-order valence-electron chi connectivity index (χ1n) is 6.51. The van der Waals surface area contributed by atoms with E-state index in [9.17, 15) is 8.42 Å². The van der Waals surface area contributed by atoms with Crippen molar-refractivity contribution >= 4 is 21.2 Å². The molecule has 6 heteroatoms. The van der Waals surface area contributed by atoms with E-state index in [1.54, 1.807) is 6.07 Å². The molecule has 5 nitrogen and oxygen atoms in total. The van der Waals surface area contributed by atoms with Gasteiger partial charge in [-0.2, -0.15) is 0 Å². The van der Waals surface area contributed by atoms with Gasteiger partial charge in [-0.25, -0.2) is 8.42 Å². The van der Waals surface area contributed by atoms with Gasteiger partial charge < -0.3 is 15.8 Å². The second kappa shape index (κ2) is 5.69. The summed E-state index contributed by atoms with van der Waals surface area (Å²) in [5.41, 5.74) is 7.24. The number of hydrogen-bond donors (Lipinski definition) is 2. The van der Waals surface area contributed by atoms with Crippen molar-refractivity contribution < 1.29 is 13.2 Å². The fourth-order valence-electron chi connectivity index (χ4n) is 2.29. The lowest BCUT2D eigenvalue weighted by atomic mass is 10.2. The second-order valence-corrected chi connectivity index (χ2v) is 7.06. The van der Waals surface area contributed by atoms with E-state index < -0.39 is 9.84 Å². The summed E-state index contributed by atoms with van der Waals surface area (Å²) >= 11 is 0. The van der Waals surface area contributed by atoms with E-state index in [2.05, 4.69) is 5.32 Å². The topological polar surface area (TPSA) is 81.4 Å². The number of hydrogen-bond acceptors (Lipinski definition) is 5. The van der Waals surface area contributed by atoms with E-state index in [1.807, 2.05) is 19.1 Å². The Labute approximate surface area is 114 Å². The largest absolute Gasteiger partial charge is 0.492 e. The molecule has 1 unspecified atom stereocenters. The Morgan fingerprint density at radius 2 is 2.26 bits per heavy atom. The average molecular weight is 284 g/mol. The van der Waals surface area contributed by atoms with Gasteiger partial charge in [0.1, 0.15) is 5.75 Å². The highest BCUT2D eigenvalue weighted by Crippen LogP contribution is 2.30. The first kappa shape index (κ1) is 14.0. The van der Waals surface area contributed by atoms with Crippen LogP contribution in [0.25, 0.3) is 0 Å². The van der Waals surface area contributed by atoms with E-state index in [0.29, 0.717) is 30.3 Å². The fourth-order valence-corrected chi connectivity index (χ4v) is 4.06. The van der Waals surface area contributed by atoms with Crippen LogP contribution >= 0.6 is 0 Å². The number of ether oxygens (including phenoxy) is 1. The van der Waals surface area contributed by atoms with Gasteiger partial charge in [0.15, 0.2) is 9.84 Å². The third kappa shape index (κ3) is 3.12. The zero-order valence-corrected chi connectivity index (χ0v) is 11.9. The van der Waals surface area contributed by atoms with Gasteiger partial charge in [-0.1, -0.05) is 6.07 Å². The van der Waals surface area contributed by atoms with Crippen LogP contribution in [-0.4, -0.2) is 32.6 Å². The van der Waals surface area contributed by atoms with E-state index in [-0.39, 0.29) is 5.25 Å². The van der Waals surface area contributed by atoms with Gasteiger partial charge in [0.25, 0.3) is 0 Å². The minimum absolute atomic E-state index is 0.299. The molecule has 3 N–H and O–H groups in total. The minimum Gasteiger partial charge on any atom is -0.492 e. The molecule has 0 radical (unpaired) electrons. The lowest BCUT2D eigenvalue weighted by Crippen LogP contribution is -2.25. The highest BCUT2D eigenvalue weighted by molar-refractivity contribution is 7.92. The highest BCUT2D eigenvalue weighted by Gasteiger charge is 2.30. The maximum absolute atomic E-state index is 11.7. The maximum Gasteiger partial charge on any atom is 0.154 e. The van der Waals surface area contributed by atoms with Crippen LogP contribution in [0, 0.1) is 0 Å². The van der Waals surface area contributed by atoms with E-state index in [4.69, 9.17) is 10.5 Å². The molecule has 0 aromatic heterocycles. The molecule has 19 heavy (non-hydrogen) atoms. The van der Waals surface area contributed by atoms with Gasteiger partial charge in [0.05, 0.1) is 29.0 Å². The van der Waals surface area contributed by atoms with Crippen LogP contribution < -0.4 is 15.8 Å². The molecule has 106 valence electrons. The van der Waals surface area contributed by atoms with Gasteiger partial charge in [-0.15, -0.1) is 0 Å². The summed E-state index contributed by atoms with van der Waals surface area (Å²) in [6, 6.07) is 5.47. The molecule has 0 amide bonds. The summed E-state index contributed by atoms with van der Waals surface area (Å²) < 4.78 is 28.9. The number of nitrogens with one attached hydrogen (secondary N) is 1. The molecule has 1 atom stereocenters. The summed E-state index contributed by atoms with van der Waals surface area (Å²) in [7, 11) is -2.92. The van der Waals surface area contributed by atoms with Crippen LogP contribution in [0.3, 0.4) is 0 Å². The molecule has 1 saturated heterocycles. The quantitative estimate of drug-likeness (QED) is 0.804. The lowest BCUT2D eigenvalue weighted by molar-refractivity contribution is 0.342. The number of nitrogens with two attached hydrogens (primary N) is 1. The fraction of sp³-hybridized carbons (Fsp3) is 0.538. The van der Waals surface area contributed by atoms with E-state index >= 15 is 0 Å². The summed E-state index contributed by atoms with van der Waals surface area (Å²) in [6.07, 6.45) is 1.48. The predicted octanol–water partition coefficient (Wildman–Crippen LogP) is 1.66. The summed E-state index contributed by atoms with van der Waals surface area (Å²) in [5, 5.41) is 2.82. The van der Waals surface area contributed by atoms with Crippen molar-refractivity contribution in [2.45, 2.75) is 25.0 Å². The molecule has 1 aliphatic rings. The molecule has 1 fully saturated rings. The monoisotopic (exact) mass is 284 g/mol. The van der Waals surface area contributed by atoms with Gasteiger partial charge in [-0.3, -0.25) is 0 Å². The summed E-state index contributed by atoms with van der Waals surface area (Å²) in [4.78, 5) is 0. The molecule has 1 heterocycles. The first-order valence-corrected chi connectivity index (χ1v) is 8.23. The third-order valence-electron chi connectivity index (χ3n) is 3.35. The third-order valence-corrected chi connectivity index (χ3v) is 5.62. The molecule has 2 rings (SSSR count). The standard InChI is InChI=1S/C13H20N2O3S/c1-2-18-12-7-3-6-11(13(12)14)15-9-10-5-4-8-19(10,16)17/h3,6-7,10,15H,2,4-5,8-9,14H2,1H3. The van der Waals surface area contributed by atoms with Crippen molar-refractivity contribution in [2.75, 3.05) is 30.0 Å². The first-order chi connectivity index (χ1) is 9.04. The maximum atomic E-state index is 11.7. The minimum atomic E-state index is -2.92. The molecule has 1 aliphatic heterocycles. The summed E-state index contributed by atoms with van der Waals surface area (Å²) in [5.74, 6) is 0.926. The lowest BCUT2D eigenvalue weighted by Gasteiger charge is -2.15. The van der Waals surface area contributed by atoms with Crippen LogP contribution in [0.1, 0.15) is 19.8 Å². The number of rotatable bonds is 5. The predicted molar refractivity (Wildman–Crippen MR) is 77.3 cm³/mol. The normalized spacial score (nSPS) is 21.2. The van der Waals surface area contributed by atoms with E-state index in [0.717, 1.165) is 18.5 Å². The molecule has 1 aromatic rings. The Morgan fingerprint density at radius 3 is 2.89 bits per heavy atom. The average Bonchev–Trinajstić information content (AvgIpc) is 2.70. The van der Waals surface area contributed by atoms with Crippen molar-refractivity contribution in [3.8, 4) is 5.75 Å². The molecular weight excluding hydrogens is 264 g/mol. The molecular formula is C13H20N2O3S. The van der Waals surface area contributed by atoms with Crippen LogP contribution in [0.2, 0.25) is 0 Å². The molecule has 0 saturated carbocycles. The highest BCUT2D eigenvalue weighted by atomic mass is 32.2.